The molecule has 0 aromatic heterocycles. The molecule has 0 unspecified atom stereocenters. The van der Waals surface area contributed by atoms with Crippen LogP contribution in [0.4, 0.5) is 0 Å². The van der Waals surface area contributed by atoms with Crippen molar-refractivity contribution in [2.75, 3.05) is 7.11 Å². The van der Waals surface area contributed by atoms with Gasteiger partial charge in [0, 0.05) is 16.7 Å². The van der Waals surface area contributed by atoms with Crippen molar-refractivity contribution < 1.29 is 9.53 Å². The first kappa shape index (κ1) is 10.6. The summed E-state index contributed by atoms with van der Waals surface area (Å²) in [6.07, 6.45) is 0.595. The Labute approximate surface area is 94.0 Å². The lowest BCUT2D eigenvalue weighted by atomic mass is 9.99. The van der Waals surface area contributed by atoms with E-state index in [0.29, 0.717) is 6.42 Å². The van der Waals surface area contributed by atoms with Crippen molar-refractivity contribution in [2.45, 2.75) is 29.9 Å². The minimum absolute atomic E-state index is 0.0291. The van der Waals surface area contributed by atoms with Gasteiger partial charge in [0.05, 0.1) is 12.0 Å². The molecule has 0 amide bonds. The molecule has 2 nitrogen and oxygen atoms in total. The molecule has 0 aliphatic carbocycles. The molecular formula is C12H14O2S. The van der Waals surface area contributed by atoms with E-state index in [1.54, 1.807) is 18.9 Å². The highest BCUT2D eigenvalue weighted by Gasteiger charge is 2.33. The largest absolute Gasteiger partial charge is 0.496 e. The van der Waals surface area contributed by atoms with Crippen LogP contribution in [0.5, 0.6) is 5.75 Å². The Balaban J connectivity index is 2.55. The fourth-order valence-corrected chi connectivity index (χ4v) is 3.10. The Hall–Kier alpha value is -0.960. The molecule has 0 saturated heterocycles. The van der Waals surface area contributed by atoms with Gasteiger partial charge >= 0.3 is 0 Å². The molecule has 2 rings (SSSR count). The zero-order chi connectivity index (χ0) is 11.1. The maximum absolute atomic E-state index is 11.9. The van der Waals surface area contributed by atoms with E-state index in [9.17, 15) is 4.79 Å². The lowest BCUT2D eigenvalue weighted by molar-refractivity contribution is 0.0967. The van der Waals surface area contributed by atoms with Crippen LogP contribution in [0.1, 0.15) is 30.6 Å². The first-order chi connectivity index (χ1) is 7.03. The van der Waals surface area contributed by atoms with E-state index in [4.69, 9.17) is 4.74 Å². The molecule has 0 spiro atoms. The third-order valence-corrected chi connectivity index (χ3v) is 3.79. The zero-order valence-electron chi connectivity index (χ0n) is 9.16. The van der Waals surface area contributed by atoms with Crippen molar-refractivity contribution in [3.63, 3.8) is 0 Å². The first-order valence-electron chi connectivity index (χ1n) is 4.93. The highest BCUT2D eigenvalue weighted by molar-refractivity contribution is 8.01. The Bertz CT molecular complexity index is 410. The summed E-state index contributed by atoms with van der Waals surface area (Å²) in [5, 5.41) is 0. The second-order valence-corrected chi connectivity index (χ2v) is 6.02. The third-order valence-electron chi connectivity index (χ3n) is 2.46. The maximum Gasteiger partial charge on any atom is 0.165 e. The molecule has 1 aromatic rings. The van der Waals surface area contributed by atoms with Crippen LogP contribution in [0.3, 0.4) is 0 Å². The van der Waals surface area contributed by atoms with E-state index < -0.39 is 0 Å². The zero-order valence-corrected chi connectivity index (χ0v) is 9.98. The average molecular weight is 222 g/mol. The van der Waals surface area contributed by atoms with Gasteiger partial charge in [-0.05, 0) is 19.9 Å². The number of fused-ring (bicyclic) bond motifs is 1. The normalized spacial score (nSPS) is 18.5. The van der Waals surface area contributed by atoms with Crippen molar-refractivity contribution in [3.05, 3.63) is 23.8 Å². The van der Waals surface area contributed by atoms with E-state index in [2.05, 4.69) is 13.8 Å². The third kappa shape index (κ3) is 1.88. The first-order valence-corrected chi connectivity index (χ1v) is 5.74. The topological polar surface area (TPSA) is 26.3 Å². The number of ketones is 1. The Morgan fingerprint density at radius 2 is 2.13 bits per heavy atom. The van der Waals surface area contributed by atoms with Gasteiger partial charge in [0.15, 0.2) is 5.78 Å². The summed E-state index contributed by atoms with van der Waals surface area (Å²) in [6, 6.07) is 5.65. The summed E-state index contributed by atoms with van der Waals surface area (Å²) in [5.41, 5.74) is 0.804. The van der Waals surface area contributed by atoms with Crippen LogP contribution in [-0.2, 0) is 0 Å². The number of carbonyl (C=O) groups is 1. The predicted octanol–water partition coefficient (Wildman–Crippen LogP) is 3.15. The summed E-state index contributed by atoms with van der Waals surface area (Å²) >= 11 is 1.72. The van der Waals surface area contributed by atoms with Crippen LogP contribution >= 0.6 is 11.8 Å². The number of benzene rings is 1. The van der Waals surface area contributed by atoms with Crippen molar-refractivity contribution >= 4 is 17.5 Å². The van der Waals surface area contributed by atoms with Crippen molar-refractivity contribution in [1.29, 1.82) is 0 Å². The Kier molecular flexibility index (Phi) is 2.51. The van der Waals surface area contributed by atoms with Gasteiger partial charge in [-0.1, -0.05) is 12.1 Å². The van der Waals surface area contributed by atoms with E-state index in [1.807, 2.05) is 18.2 Å². The Morgan fingerprint density at radius 1 is 1.40 bits per heavy atom. The molecule has 1 aliphatic rings. The molecule has 0 bridgehead atoms. The molecule has 1 aromatic carbocycles. The van der Waals surface area contributed by atoms with Gasteiger partial charge < -0.3 is 4.74 Å². The summed E-state index contributed by atoms with van der Waals surface area (Å²) in [6.45, 7) is 4.18. The van der Waals surface area contributed by atoms with E-state index >= 15 is 0 Å². The van der Waals surface area contributed by atoms with Crippen molar-refractivity contribution in [3.8, 4) is 5.75 Å². The quantitative estimate of drug-likeness (QED) is 0.730. The van der Waals surface area contributed by atoms with Gasteiger partial charge in [-0.15, -0.1) is 11.8 Å². The van der Waals surface area contributed by atoms with Crippen LogP contribution in [-0.4, -0.2) is 17.6 Å². The lowest BCUT2D eigenvalue weighted by Gasteiger charge is -2.30. The molecule has 15 heavy (non-hydrogen) atoms. The van der Waals surface area contributed by atoms with Crippen LogP contribution < -0.4 is 4.74 Å². The number of ether oxygens (including phenoxy) is 1. The van der Waals surface area contributed by atoms with E-state index in [-0.39, 0.29) is 10.5 Å². The second kappa shape index (κ2) is 3.56. The molecule has 0 radical (unpaired) electrons. The molecule has 1 aliphatic heterocycles. The van der Waals surface area contributed by atoms with Crippen LogP contribution in [0.15, 0.2) is 23.1 Å². The molecule has 3 heteroatoms. The van der Waals surface area contributed by atoms with Gasteiger partial charge in [0.25, 0.3) is 0 Å². The average Bonchev–Trinajstić information content (AvgIpc) is 2.15. The minimum atomic E-state index is -0.0291. The maximum atomic E-state index is 11.9. The monoisotopic (exact) mass is 222 g/mol. The lowest BCUT2D eigenvalue weighted by Crippen LogP contribution is -2.25. The number of carbonyl (C=O) groups excluding carboxylic acids is 1. The standard InChI is InChI=1S/C12H14O2S/c1-12(2)7-9(13)8-5-4-6-10(14-3)11(8)15-12/h4-6H,7H2,1-3H3. The van der Waals surface area contributed by atoms with Gasteiger partial charge in [0.2, 0.25) is 0 Å². The fraction of sp³-hybridized carbons (Fsp3) is 0.417. The summed E-state index contributed by atoms with van der Waals surface area (Å²) in [7, 11) is 1.64. The highest BCUT2D eigenvalue weighted by Crippen LogP contribution is 2.46. The van der Waals surface area contributed by atoms with E-state index in [0.717, 1.165) is 16.2 Å². The number of Topliss-reactive ketones (excluding diaryl/α,β-unsaturated/α-hetero) is 1. The Morgan fingerprint density at radius 3 is 2.80 bits per heavy atom. The number of methoxy groups -OCH3 is 1. The van der Waals surface area contributed by atoms with E-state index in [1.165, 1.54) is 0 Å². The SMILES string of the molecule is COc1cccc2c1SC(C)(C)CC2=O. The highest BCUT2D eigenvalue weighted by atomic mass is 32.2. The number of rotatable bonds is 1. The number of hydrogen-bond donors (Lipinski definition) is 0. The molecule has 0 fully saturated rings. The number of hydrogen-bond acceptors (Lipinski definition) is 3. The molecule has 0 saturated carbocycles. The van der Waals surface area contributed by atoms with Gasteiger partial charge in [0.1, 0.15) is 5.75 Å². The number of thioether (sulfide) groups is 1. The van der Waals surface area contributed by atoms with Gasteiger partial charge in [-0.3, -0.25) is 4.79 Å². The summed E-state index contributed by atoms with van der Waals surface area (Å²) in [4.78, 5) is 12.9. The van der Waals surface area contributed by atoms with Crippen LogP contribution in [0, 0.1) is 0 Å². The van der Waals surface area contributed by atoms with Crippen molar-refractivity contribution in [1.82, 2.24) is 0 Å². The van der Waals surface area contributed by atoms with Crippen molar-refractivity contribution in [2.24, 2.45) is 0 Å². The van der Waals surface area contributed by atoms with Gasteiger partial charge in [-0.2, -0.15) is 0 Å². The molecule has 0 atom stereocenters. The second-order valence-electron chi connectivity index (χ2n) is 4.30. The fourth-order valence-electron chi connectivity index (χ4n) is 1.80. The predicted molar refractivity (Wildman–Crippen MR) is 61.9 cm³/mol. The summed E-state index contributed by atoms with van der Waals surface area (Å²) < 4.78 is 5.25. The summed E-state index contributed by atoms with van der Waals surface area (Å²) in [5.74, 6) is 1.02. The minimum Gasteiger partial charge on any atom is -0.496 e. The molecule has 0 N–H and O–H groups in total. The molecule has 80 valence electrons. The van der Waals surface area contributed by atoms with Crippen LogP contribution in [0.25, 0.3) is 0 Å². The van der Waals surface area contributed by atoms with Crippen LogP contribution in [0.2, 0.25) is 0 Å². The van der Waals surface area contributed by atoms with Gasteiger partial charge in [-0.25, -0.2) is 0 Å². The smallest absolute Gasteiger partial charge is 0.165 e. The molecular weight excluding hydrogens is 208 g/mol. The molecule has 1 heterocycles.